The second-order valence-electron chi connectivity index (χ2n) is 4.94. The van der Waals surface area contributed by atoms with Gasteiger partial charge in [0, 0.05) is 4.47 Å². The second kappa shape index (κ2) is 7.13. The van der Waals surface area contributed by atoms with Crippen LogP contribution in [0, 0.1) is 0 Å². The number of carbonyl (C=O) groups is 1. The zero-order valence-electron chi connectivity index (χ0n) is 12.1. The number of hydrogen-bond donors (Lipinski definition) is 1. The smallest absolute Gasteiger partial charge is 0.339 e. The van der Waals surface area contributed by atoms with Gasteiger partial charge in [-0.2, -0.15) is 0 Å². The van der Waals surface area contributed by atoms with Crippen molar-refractivity contribution < 1.29 is 24.1 Å². The van der Waals surface area contributed by atoms with Crippen LogP contribution in [0.4, 0.5) is 0 Å². The van der Waals surface area contributed by atoms with E-state index in [2.05, 4.69) is 20.7 Å². The summed E-state index contributed by atoms with van der Waals surface area (Å²) < 4.78 is 16.5. The van der Waals surface area contributed by atoms with Gasteiger partial charge in [-0.05, 0) is 37.8 Å². The van der Waals surface area contributed by atoms with Crippen molar-refractivity contribution in [2.75, 3.05) is 14.2 Å². The molecule has 116 valence electrons. The lowest BCUT2D eigenvalue weighted by Gasteiger charge is -2.22. The number of aliphatic hydroxyl groups is 1. The third-order valence-corrected chi connectivity index (χ3v) is 4.30. The zero-order chi connectivity index (χ0) is 15.4. The van der Waals surface area contributed by atoms with Gasteiger partial charge in [-0.25, -0.2) is 4.79 Å². The minimum atomic E-state index is -1.42. The van der Waals surface area contributed by atoms with E-state index in [0.29, 0.717) is 21.5 Å². The van der Waals surface area contributed by atoms with Crippen LogP contribution in [0.25, 0.3) is 0 Å². The summed E-state index contributed by atoms with van der Waals surface area (Å²) in [4.78, 5) is 11.7. The Labute approximate surface area is 132 Å². The first-order chi connectivity index (χ1) is 10.1. The molecule has 5 nitrogen and oxygen atoms in total. The Bertz CT molecular complexity index is 511. The number of hydrogen-bond acceptors (Lipinski definition) is 5. The molecular weight excluding hydrogens is 340 g/mol. The van der Waals surface area contributed by atoms with Crippen molar-refractivity contribution in [3.8, 4) is 11.5 Å². The molecule has 0 radical (unpaired) electrons. The van der Waals surface area contributed by atoms with Crippen molar-refractivity contribution in [1.82, 2.24) is 0 Å². The Hall–Kier alpha value is -1.27. The number of methoxy groups -OCH3 is 2. The van der Waals surface area contributed by atoms with Crippen molar-refractivity contribution in [3.63, 3.8) is 0 Å². The molecule has 0 amide bonds. The Kier molecular flexibility index (Phi) is 5.47. The van der Waals surface area contributed by atoms with Crippen LogP contribution in [0.2, 0.25) is 0 Å². The van der Waals surface area contributed by atoms with E-state index in [1.807, 2.05) is 0 Å². The predicted molar refractivity (Wildman–Crippen MR) is 80.6 cm³/mol. The largest absolute Gasteiger partial charge is 0.493 e. The van der Waals surface area contributed by atoms with Crippen LogP contribution in [0.15, 0.2) is 16.6 Å². The highest BCUT2D eigenvalue weighted by Gasteiger charge is 2.29. The number of halogens is 1. The maximum atomic E-state index is 11.7. The summed E-state index contributed by atoms with van der Waals surface area (Å²) in [5.41, 5.74) is 0.341. The van der Waals surface area contributed by atoms with Crippen molar-refractivity contribution in [1.29, 1.82) is 0 Å². The molecule has 0 saturated heterocycles. The summed E-state index contributed by atoms with van der Waals surface area (Å²) in [7, 11) is 2.76. The fraction of sp³-hybridized carbons (Fsp3) is 0.533. The average Bonchev–Trinajstić information content (AvgIpc) is 2.99. The lowest BCUT2D eigenvalue weighted by atomic mass is 10.1. The average molecular weight is 359 g/mol. The minimum absolute atomic E-state index is 0.0804. The van der Waals surface area contributed by atoms with Gasteiger partial charge in [0.25, 0.3) is 0 Å². The van der Waals surface area contributed by atoms with Crippen molar-refractivity contribution >= 4 is 21.9 Å². The maximum Gasteiger partial charge on any atom is 0.339 e. The van der Waals surface area contributed by atoms with Gasteiger partial charge in [0.1, 0.15) is 0 Å². The van der Waals surface area contributed by atoms with Gasteiger partial charge in [-0.15, -0.1) is 0 Å². The number of rotatable bonds is 5. The first-order valence-electron chi connectivity index (χ1n) is 6.87. The first kappa shape index (κ1) is 16.1. The highest BCUT2D eigenvalue weighted by molar-refractivity contribution is 9.10. The van der Waals surface area contributed by atoms with Crippen LogP contribution >= 0.6 is 15.9 Å². The molecule has 2 rings (SSSR count). The van der Waals surface area contributed by atoms with Gasteiger partial charge in [0.15, 0.2) is 17.6 Å². The normalized spacial score (nSPS) is 16.6. The minimum Gasteiger partial charge on any atom is -0.493 e. The summed E-state index contributed by atoms with van der Waals surface area (Å²) >= 11 is 3.35. The van der Waals surface area contributed by atoms with E-state index in [4.69, 9.17) is 9.47 Å². The van der Waals surface area contributed by atoms with E-state index in [-0.39, 0.29) is 6.10 Å². The van der Waals surface area contributed by atoms with Gasteiger partial charge in [-0.3, -0.25) is 0 Å². The molecule has 6 heteroatoms. The van der Waals surface area contributed by atoms with Crippen LogP contribution in [0.3, 0.4) is 0 Å². The lowest BCUT2D eigenvalue weighted by Crippen LogP contribution is -2.18. The van der Waals surface area contributed by atoms with E-state index < -0.39 is 12.1 Å². The molecular formula is C15H19BrO5. The molecule has 1 N–H and O–H groups in total. The molecule has 0 spiro atoms. The number of carbonyl (C=O) groups excluding carboxylic acids is 1. The Morgan fingerprint density at radius 2 is 2.00 bits per heavy atom. The molecule has 1 aromatic carbocycles. The van der Waals surface area contributed by atoms with E-state index >= 15 is 0 Å². The zero-order valence-corrected chi connectivity index (χ0v) is 13.7. The number of esters is 1. The lowest BCUT2D eigenvalue weighted by molar-refractivity contribution is -0.150. The molecule has 1 atom stereocenters. The van der Waals surface area contributed by atoms with Crippen LogP contribution in [-0.2, 0) is 9.53 Å². The summed E-state index contributed by atoms with van der Waals surface area (Å²) in [5, 5.41) is 10.2. The summed E-state index contributed by atoms with van der Waals surface area (Å²) in [5.74, 6) is 0.153. The molecule has 1 fully saturated rings. The molecule has 1 saturated carbocycles. The highest BCUT2D eigenvalue weighted by Crippen LogP contribution is 2.42. The fourth-order valence-electron chi connectivity index (χ4n) is 2.49. The van der Waals surface area contributed by atoms with Crippen LogP contribution in [-0.4, -0.2) is 31.4 Å². The predicted octanol–water partition coefficient (Wildman–Crippen LogP) is 2.99. The topological polar surface area (TPSA) is 65.0 Å². The monoisotopic (exact) mass is 358 g/mol. The third kappa shape index (κ3) is 3.49. The standard InChI is InChI=1S/C15H19BrO5/c1-19-11-8-7-10(16)12(13(17)15(18)20-2)14(11)21-9-5-3-4-6-9/h7-9,13,17H,3-6H2,1-2H3. The molecule has 0 aliphatic heterocycles. The molecule has 1 aromatic rings. The Morgan fingerprint density at radius 1 is 1.33 bits per heavy atom. The molecule has 1 unspecified atom stereocenters. The second-order valence-corrected chi connectivity index (χ2v) is 5.80. The summed E-state index contributed by atoms with van der Waals surface area (Å²) in [6.45, 7) is 0. The van der Waals surface area contributed by atoms with Gasteiger partial charge >= 0.3 is 5.97 Å². The van der Waals surface area contributed by atoms with Gasteiger partial charge in [0.2, 0.25) is 0 Å². The highest BCUT2D eigenvalue weighted by atomic mass is 79.9. The number of benzene rings is 1. The van der Waals surface area contributed by atoms with Crippen LogP contribution in [0.5, 0.6) is 11.5 Å². The fourth-order valence-corrected chi connectivity index (χ4v) is 3.02. The molecule has 0 bridgehead atoms. The third-order valence-electron chi connectivity index (χ3n) is 3.61. The molecule has 0 heterocycles. The Morgan fingerprint density at radius 3 is 2.57 bits per heavy atom. The quantitative estimate of drug-likeness (QED) is 0.819. The van der Waals surface area contributed by atoms with E-state index in [1.54, 1.807) is 12.1 Å². The van der Waals surface area contributed by atoms with Crippen molar-refractivity contribution in [3.05, 3.63) is 22.2 Å². The summed E-state index contributed by atoms with van der Waals surface area (Å²) in [6, 6.07) is 3.45. The SMILES string of the molecule is COC(=O)C(O)c1c(Br)ccc(OC)c1OC1CCCC1. The first-order valence-corrected chi connectivity index (χ1v) is 7.66. The molecule has 1 aliphatic carbocycles. The van der Waals surface area contributed by atoms with Crippen LogP contribution < -0.4 is 9.47 Å². The van der Waals surface area contributed by atoms with Gasteiger partial charge < -0.3 is 19.3 Å². The van der Waals surface area contributed by atoms with Gasteiger partial charge in [-0.1, -0.05) is 15.9 Å². The molecule has 0 aromatic heterocycles. The maximum absolute atomic E-state index is 11.7. The van der Waals surface area contributed by atoms with Crippen LogP contribution in [0.1, 0.15) is 37.4 Å². The summed E-state index contributed by atoms with van der Waals surface area (Å²) in [6.07, 6.45) is 2.83. The number of ether oxygens (including phenoxy) is 3. The van der Waals surface area contributed by atoms with Crippen molar-refractivity contribution in [2.24, 2.45) is 0 Å². The number of aliphatic hydroxyl groups excluding tert-OH is 1. The molecule has 1 aliphatic rings. The van der Waals surface area contributed by atoms with Gasteiger partial charge in [0.05, 0.1) is 25.9 Å². The van der Waals surface area contributed by atoms with Crippen molar-refractivity contribution in [2.45, 2.75) is 37.9 Å². The Balaban J connectivity index is 2.42. The van der Waals surface area contributed by atoms with E-state index in [0.717, 1.165) is 25.7 Å². The van der Waals surface area contributed by atoms with E-state index in [1.165, 1.54) is 14.2 Å². The molecule has 21 heavy (non-hydrogen) atoms. The van der Waals surface area contributed by atoms with E-state index in [9.17, 15) is 9.90 Å².